The lowest BCUT2D eigenvalue weighted by atomic mass is 9.85. The fourth-order valence-electron chi connectivity index (χ4n) is 2.26. The lowest BCUT2D eigenvalue weighted by molar-refractivity contribution is 0.140. The van der Waals surface area contributed by atoms with Crippen LogP contribution < -0.4 is 0 Å². The van der Waals surface area contributed by atoms with Crippen molar-refractivity contribution in [2.45, 2.75) is 25.8 Å². The molecule has 1 saturated carbocycles. The van der Waals surface area contributed by atoms with Crippen molar-refractivity contribution < 1.29 is 5.11 Å². The van der Waals surface area contributed by atoms with Gasteiger partial charge in [0.1, 0.15) is 0 Å². The Hall–Kier alpha value is -0.860. The molecule has 0 amide bonds. The van der Waals surface area contributed by atoms with Crippen molar-refractivity contribution in [3.05, 3.63) is 35.9 Å². The van der Waals surface area contributed by atoms with E-state index in [1.165, 1.54) is 24.8 Å². The topological polar surface area (TPSA) is 23.5 Å². The summed E-state index contributed by atoms with van der Waals surface area (Å²) in [7, 11) is 0. The summed E-state index contributed by atoms with van der Waals surface area (Å²) in [4.78, 5) is 2.37. The zero-order valence-electron chi connectivity index (χ0n) is 9.81. The Bertz CT molecular complexity index is 295. The van der Waals surface area contributed by atoms with Gasteiger partial charge >= 0.3 is 0 Å². The monoisotopic (exact) mass is 219 g/mol. The minimum Gasteiger partial charge on any atom is -0.395 e. The molecule has 2 nitrogen and oxygen atoms in total. The molecule has 0 bridgehead atoms. The minimum absolute atomic E-state index is 0.263. The van der Waals surface area contributed by atoms with Gasteiger partial charge in [0.15, 0.2) is 0 Å². The maximum Gasteiger partial charge on any atom is 0.0558 e. The zero-order chi connectivity index (χ0) is 11.2. The van der Waals surface area contributed by atoms with Gasteiger partial charge in [0.2, 0.25) is 0 Å². The number of aliphatic hydroxyl groups is 1. The van der Waals surface area contributed by atoms with E-state index in [1.807, 2.05) is 6.07 Å². The van der Waals surface area contributed by atoms with Gasteiger partial charge in [-0.05, 0) is 24.3 Å². The van der Waals surface area contributed by atoms with Crippen molar-refractivity contribution in [3.8, 4) is 0 Å². The number of aliphatic hydroxyl groups excluding tert-OH is 1. The van der Waals surface area contributed by atoms with Crippen molar-refractivity contribution in [1.29, 1.82) is 0 Å². The quantitative estimate of drug-likeness (QED) is 0.793. The number of benzene rings is 1. The van der Waals surface area contributed by atoms with Crippen LogP contribution in [-0.2, 0) is 6.54 Å². The maximum atomic E-state index is 9.08. The average Bonchev–Trinajstić information content (AvgIpc) is 2.25. The van der Waals surface area contributed by atoms with Crippen LogP contribution in [0.3, 0.4) is 0 Å². The molecule has 0 aromatic heterocycles. The lowest BCUT2D eigenvalue weighted by Gasteiger charge is -2.32. The molecule has 1 aromatic carbocycles. The van der Waals surface area contributed by atoms with E-state index in [-0.39, 0.29) is 6.61 Å². The second kappa shape index (κ2) is 6.02. The number of hydrogen-bond donors (Lipinski definition) is 1. The van der Waals surface area contributed by atoms with E-state index in [2.05, 4.69) is 29.2 Å². The van der Waals surface area contributed by atoms with Crippen molar-refractivity contribution in [2.75, 3.05) is 19.7 Å². The average molecular weight is 219 g/mol. The fourth-order valence-corrected chi connectivity index (χ4v) is 2.26. The van der Waals surface area contributed by atoms with Crippen LogP contribution in [-0.4, -0.2) is 29.7 Å². The molecule has 1 aromatic rings. The lowest BCUT2D eigenvalue weighted by Crippen LogP contribution is -2.34. The van der Waals surface area contributed by atoms with E-state index in [9.17, 15) is 0 Å². The zero-order valence-corrected chi connectivity index (χ0v) is 9.81. The molecule has 0 heterocycles. The summed E-state index contributed by atoms with van der Waals surface area (Å²) in [5.41, 5.74) is 1.34. The summed E-state index contributed by atoms with van der Waals surface area (Å²) >= 11 is 0. The Labute approximate surface area is 97.9 Å². The van der Waals surface area contributed by atoms with Gasteiger partial charge < -0.3 is 5.11 Å². The predicted molar refractivity (Wildman–Crippen MR) is 66.1 cm³/mol. The van der Waals surface area contributed by atoms with Gasteiger partial charge in [-0.2, -0.15) is 0 Å². The van der Waals surface area contributed by atoms with Gasteiger partial charge in [-0.3, -0.25) is 4.90 Å². The van der Waals surface area contributed by atoms with Crippen LogP contribution >= 0.6 is 0 Å². The highest BCUT2D eigenvalue weighted by atomic mass is 16.3. The molecule has 1 aliphatic rings. The summed E-state index contributed by atoms with van der Waals surface area (Å²) in [6.45, 7) is 3.18. The van der Waals surface area contributed by atoms with Gasteiger partial charge in [-0.1, -0.05) is 36.8 Å². The Morgan fingerprint density at radius 3 is 2.50 bits per heavy atom. The first-order chi connectivity index (χ1) is 7.88. The van der Waals surface area contributed by atoms with Gasteiger partial charge in [0.25, 0.3) is 0 Å². The van der Waals surface area contributed by atoms with Crippen LogP contribution in [0.25, 0.3) is 0 Å². The first kappa shape index (κ1) is 11.6. The molecule has 0 radical (unpaired) electrons. The SMILES string of the molecule is OCCN(Cc1ccccc1)CC1CCC1. The van der Waals surface area contributed by atoms with Crippen LogP contribution in [0.2, 0.25) is 0 Å². The minimum atomic E-state index is 0.263. The van der Waals surface area contributed by atoms with Crippen molar-refractivity contribution >= 4 is 0 Å². The van der Waals surface area contributed by atoms with E-state index in [0.717, 1.165) is 25.6 Å². The Kier molecular flexibility index (Phi) is 4.37. The van der Waals surface area contributed by atoms with E-state index in [1.54, 1.807) is 0 Å². The molecule has 2 heteroatoms. The van der Waals surface area contributed by atoms with Crippen molar-refractivity contribution in [2.24, 2.45) is 5.92 Å². The smallest absolute Gasteiger partial charge is 0.0558 e. The van der Waals surface area contributed by atoms with Gasteiger partial charge in [0, 0.05) is 19.6 Å². The number of hydrogen-bond acceptors (Lipinski definition) is 2. The fraction of sp³-hybridized carbons (Fsp3) is 0.571. The second-order valence-electron chi connectivity index (χ2n) is 4.74. The first-order valence-electron chi connectivity index (χ1n) is 6.25. The standard InChI is InChI=1S/C14H21NO/c16-10-9-15(12-14-7-4-8-14)11-13-5-2-1-3-6-13/h1-3,5-6,14,16H,4,7-12H2. The molecule has 0 aliphatic heterocycles. The molecular weight excluding hydrogens is 198 g/mol. The van der Waals surface area contributed by atoms with E-state index in [0.29, 0.717) is 0 Å². The Morgan fingerprint density at radius 2 is 1.94 bits per heavy atom. The molecular formula is C14H21NO. The summed E-state index contributed by atoms with van der Waals surface area (Å²) in [6.07, 6.45) is 4.14. The predicted octanol–water partition coefficient (Wildman–Crippen LogP) is 2.28. The van der Waals surface area contributed by atoms with Crippen molar-refractivity contribution in [1.82, 2.24) is 4.90 Å². The largest absolute Gasteiger partial charge is 0.395 e. The molecule has 1 aliphatic carbocycles. The third-order valence-corrected chi connectivity index (χ3v) is 3.41. The summed E-state index contributed by atoms with van der Waals surface area (Å²) < 4.78 is 0. The maximum absolute atomic E-state index is 9.08. The van der Waals surface area contributed by atoms with Crippen LogP contribution in [0, 0.1) is 5.92 Å². The third-order valence-electron chi connectivity index (χ3n) is 3.41. The first-order valence-corrected chi connectivity index (χ1v) is 6.25. The summed E-state index contributed by atoms with van der Waals surface area (Å²) in [5.74, 6) is 0.871. The van der Waals surface area contributed by atoms with Crippen molar-refractivity contribution in [3.63, 3.8) is 0 Å². The molecule has 0 atom stereocenters. The van der Waals surface area contributed by atoms with E-state index >= 15 is 0 Å². The normalized spacial score (nSPS) is 16.4. The van der Waals surface area contributed by atoms with E-state index < -0.39 is 0 Å². The van der Waals surface area contributed by atoms with Gasteiger partial charge in [0.05, 0.1) is 6.61 Å². The molecule has 1 N–H and O–H groups in total. The molecule has 0 spiro atoms. The highest BCUT2D eigenvalue weighted by Crippen LogP contribution is 2.27. The van der Waals surface area contributed by atoms with Crippen LogP contribution in [0.5, 0.6) is 0 Å². The van der Waals surface area contributed by atoms with Crippen LogP contribution in [0.1, 0.15) is 24.8 Å². The van der Waals surface area contributed by atoms with Gasteiger partial charge in [-0.15, -0.1) is 0 Å². The van der Waals surface area contributed by atoms with Crippen LogP contribution in [0.4, 0.5) is 0 Å². The third kappa shape index (κ3) is 3.32. The van der Waals surface area contributed by atoms with E-state index in [4.69, 9.17) is 5.11 Å². The Morgan fingerprint density at radius 1 is 1.19 bits per heavy atom. The molecule has 1 fully saturated rings. The number of nitrogens with zero attached hydrogens (tertiary/aromatic N) is 1. The summed E-state index contributed by atoms with van der Waals surface area (Å²) in [6, 6.07) is 10.5. The second-order valence-corrected chi connectivity index (χ2v) is 4.74. The molecule has 2 rings (SSSR count). The Balaban J connectivity index is 1.86. The molecule has 0 unspecified atom stereocenters. The summed E-state index contributed by atoms with van der Waals surface area (Å²) in [5, 5.41) is 9.08. The molecule has 88 valence electrons. The van der Waals surface area contributed by atoms with Crippen LogP contribution in [0.15, 0.2) is 30.3 Å². The number of rotatable bonds is 6. The molecule has 16 heavy (non-hydrogen) atoms. The van der Waals surface area contributed by atoms with Gasteiger partial charge in [-0.25, -0.2) is 0 Å². The highest BCUT2D eigenvalue weighted by molar-refractivity contribution is 5.14. The highest BCUT2D eigenvalue weighted by Gasteiger charge is 2.20. The molecule has 0 saturated heterocycles.